The maximum Gasteiger partial charge on any atom is 0.259 e. The summed E-state index contributed by atoms with van der Waals surface area (Å²) >= 11 is 0. The average molecular weight is 448 g/mol. The van der Waals surface area contributed by atoms with E-state index in [1.54, 1.807) is 25.4 Å². The van der Waals surface area contributed by atoms with Crippen molar-refractivity contribution in [3.8, 4) is 5.75 Å². The first-order chi connectivity index (χ1) is 16.0. The van der Waals surface area contributed by atoms with Gasteiger partial charge in [-0.1, -0.05) is 18.1 Å². The zero-order valence-electron chi connectivity index (χ0n) is 19.6. The number of methoxy groups -OCH3 is 1. The molecule has 1 aromatic carbocycles. The third kappa shape index (κ3) is 3.33. The number of piperidine rings is 3. The highest BCUT2D eigenvalue weighted by Crippen LogP contribution is 2.45. The number of benzene rings is 1. The molecule has 1 aromatic heterocycles. The van der Waals surface area contributed by atoms with Crippen molar-refractivity contribution in [1.82, 2.24) is 14.4 Å². The number of carbonyl (C=O) groups is 1. The number of nitrogens with zero attached hydrogens (tertiary/aromatic N) is 3. The molecule has 3 fully saturated rings. The van der Waals surface area contributed by atoms with Gasteiger partial charge in [-0.25, -0.2) is 0 Å². The maximum atomic E-state index is 13.9. The van der Waals surface area contributed by atoms with Crippen LogP contribution < -0.4 is 10.2 Å². The van der Waals surface area contributed by atoms with Crippen LogP contribution in [-0.4, -0.2) is 59.1 Å². The van der Waals surface area contributed by atoms with Crippen LogP contribution in [0.1, 0.15) is 48.9 Å². The monoisotopic (exact) mass is 447 g/mol. The molecule has 0 saturated carbocycles. The number of rotatable bonds is 2. The molecular formula is C27H33N3O3. The van der Waals surface area contributed by atoms with Crippen LogP contribution in [0, 0.1) is 11.8 Å². The molecule has 0 radical (unpaired) electrons. The summed E-state index contributed by atoms with van der Waals surface area (Å²) in [5.41, 5.74) is 2.33. The van der Waals surface area contributed by atoms with Crippen LogP contribution in [0.3, 0.4) is 0 Å². The van der Waals surface area contributed by atoms with Crippen molar-refractivity contribution in [2.45, 2.75) is 50.6 Å². The predicted octanol–water partition coefficient (Wildman–Crippen LogP) is 3.58. The van der Waals surface area contributed by atoms with E-state index in [1.165, 1.54) is 37.8 Å². The second-order valence-electron chi connectivity index (χ2n) is 10.4. The lowest BCUT2D eigenvalue weighted by molar-refractivity contribution is 0.00142. The molecule has 2 bridgehead atoms. The largest absolute Gasteiger partial charge is 0.497 e. The summed E-state index contributed by atoms with van der Waals surface area (Å²) in [7, 11) is 3.51. The normalized spacial score (nSPS) is 29.3. The summed E-state index contributed by atoms with van der Waals surface area (Å²) in [6.45, 7) is 3.01. The molecule has 174 valence electrons. The molecule has 6 heteroatoms. The third-order valence-corrected chi connectivity index (χ3v) is 8.55. The zero-order chi connectivity index (χ0) is 22.7. The number of likely N-dealkylation sites (tertiary alicyclic amines) is 1. The Morgan fingerprint density at radius 3 is 2.88 bits per heavy atom. The minimum atomic E-state index is -0.180. The number of aromatic nitrogens is 1. The number of aryl methyl sites for hydroxylation is 1. The minimum absolute atomic E-state index is 0.108. The highest BCUT2D eigenvalue weighted by atomic mass is 16.5. The molecule has 4 heterocycles. The summed E-state index contributed by atoms with van der Waals surface area (Å²) in [4.78, 5) is 32.0. The Hall–Kier alpha value is -2.60. The molecule has 0 unspecified atom stereocenters. The van der Waals surface area contributed by atoms with Gasteiger partial charge in [0.05, 0.1) is 18.7 Å². The Bertz CT molecular complexity index is 1200. The molecule has 2 aromatic rings. The van der Waals surface area contributed by atoms with Gasteiger partial charge in [0.25, 0.3) is 5.91 Å². The van der Waals surface area contributed by atoms with Gasteiger partial charge in [0.2, 0.25) is 5.43 Å². The number of fused-ring (bicyclic) bond motifs is 7. The lowest BCUT2D eigenvalue weighted by Gasteiger charge is -2.54. The predicted molar refractivity (Wildman–Crippen MR) is 129 cm³/mol. The first kappa shape index (κ1) is 21.0. The fourth-order valence-corrected chi connectivity index (χ4v) is 7.10. The Morgan fingerprint density at radius 1 is 1.15 bits per heavy atom. The SMILES string of the molecule is COc1ccc2c(=O)c(C(=O)N3CCCC4=C[C@H]5C[C@H](CN6CCCC[C@H]56)[C@@H]43)cn(C)c2c1. The van der Waals surface area contributed by atoms with Gasteiger partial charge in [-0.05, 0) is 62.6 Å². The Labute approximate surface area is 194 Å². The number of pyridine rings is 1. The molecule has 4 aliphatic rings. The topological polar surface area (TPSA) is 54.8 Å². The van der Waals surface area contributed by atoms with Crippen molar-refractivity contribution < 1.29 is 9.53 Å². The van der Waals surface area contributed by atoms with E-state index in [2.05, 4.69) is 11.0 Å². The van der Waals surface area contributed by atoms with Crippen molar-refractivity contribution in [2.75, 3.05) is 26.7 Å². The van der Waals surface area contributed by atoms with E-state index in [0.717, 1.165) is 31.4 Å². The maximum absolute atomic E-state index is 13.9. The number of amides is 1. The van der Waals surface area contributed by atoms with Crippen LogP contribution in [-0.2, 0) is 7.05 Å². The molecule has 3 saturated heterocycles. The van der Waals surface area contributed by atoms with Crippen molar-refractivity contribution in [3.63, 3.8) is 0 Å². The second kappa shape index (κ2) is 8.01. The standard InChI is InChI=1S/C27H33N3O3/c1-28-16-22(26(31)21-9-8-20(33-2)14-24(21)28)27(32)30-11-5-6-17-12-18-13-19(25(17)30)15-29-10-4-3-7-23(18)29/h8-9,12,14,16,18-19,23,25H,3-7,10-11,13,15H2,1-2H3/t18-,19+,23+,25+/m0/s1. The third-order valence-electron chi connectivity index (χ3n) is 8.55. The van der Waals surface area contributed by atoms with Crippen molar-refractivity contribution in [2.24, 2.45) is 18.9 Å². The van der Waals surface area contributed by atoms with Gasteiger partial charge in [-0.3, -0.25) is 14.5 Å². The quantitative estimate of drug-likeness (QED) is 0.661. The van der Waals surface area contributed by atoms with E-state index in [4.69, 9.17) is 4.74 Å². The molecule has 4 atom stereocenters. The highest BCUT2D eigenvalue weighted by molar-refractivity contribution is 5.98. The molecular weight excluding hydrogens is 414 g/mol. The van der Waals surface area contributed by atoms with Gasteiger partial charge in [-0.2, -0.15) is 0 Å². The summed E-state index contributed by atoms with van der Waals surface area (Å²) in [5, 5.41) is 0.564. The molecule has 33 heavy (non-hydrogen) atoms. The molecule has 6 rings (SSSR count). The first-order valence-electron chi connectivity index (χ1n) is 12.5. The van der Waals surface area contributed by atoms with Crippen LogP contribution in [0.4, 0.5) is 0 Å². The van der Waals surface area contributed by atoms with E-state index in [9.17, 15) is 9.59 Å². The Balaban J connectivity index is 1.37. The van der Waals surface area contributed by atoms with Gasteiger partial charge < -0.3 is 14.2 Å². The van der Waals surface area contributed by atoms with Gasteiger partial charge in [0, 0.05) is 43.8 Å². The van der Waals surface area contributed by atoms with Gasteiger partial charge >= 0.3 is 0 Å². The van der Waals surface area contributed by atoms with Crippen LogP contribution in [0.5, 0.6) is 5.75 Å². The molecule has 0 N–H and O–H groups in total. The van der Waals surface area contributed by atoms with E-state index >= 15 is 0 Å². The van der Waals surface area contributed by atoms with Crippen molar-refractivity contribution >= 4 is 16.8 Å². The van der Waals surface area contributed by atoms with Crippen molar-refractivity contribution in [1.29, 1.82) is 0 Å². The molecule has 3 aliphatic heterocycles. The van der Waals surface area contributed by atoms with E-state index < -0.39 is 0 Å². The second-order valence-corrected chi connectivity index (χ2v) is 10.4. The zero-order valence-corrected chi connectivity index (χ0v) is 19.6. The van der Waals surface area contributed by atoms with Crippen LogP contribution in [0.25, 0.3) is 10.9 Å². The summed E-state index contributed by atoms with van der Waals surface area (Å²) < 4.78 is 7.20. The van der Waals surface area contributed by atoms with Crippen LogP contribution in [0.15, 0.2) is 40.8 Å². The fraction of sp³-hybridized carbons (Fsp3) is 0.556. The van der Waals surface area contributed by atoms with Gasteiger partial charge in [0.15, 0.2) is 0 Å². The summed E-state index contributed by atoms with van der Waals surface area (Å²) in [5.74, 6) is 1.70. The lowest BCUT2D eigenvalue weighted by Crippen LogP contribution is -2.60. The number of ether oxygens (including phenoxy) is 1. The smallest absolute Gasteiger partial charge is 0.259 e. The first-order valence-corrected chi connectivity index (χ1v) is 12.5. The van der Waals surface area contributed by atoms with E-state index in [0.29, 0.717) is 29.0 Å². The average Bonchev–Trinajstić information content (AvgIpc) is 2.85. The molecule has 0 spiro atoms. The van der Waals surface area contributed by atoms with Gasteiger partial charge in [-0.15, -0.1) is 0 Å². The Morgan fingerprint density at radius 2 is 2.03 bits per heavy atom. The highest BCUT2D eigenvalue weighted by Gasteiger charge is 2.47. The lowest BCUT2D eigenvalue weighted by atomic mass is 9.68. The molecule has 1 amide bonds. The Kier molecular flexibility index (Phi) is 5.09. The van der Waals surface area contributed by atoms with Gasteiger partial charge in [0.1, 0.15) is 11.3 Å². The van der Waals surface area contributed by atoms with Crippen molar-refractivity contribution in [3.05, 3.63) is 51.8 Å². The summed E-state index contributed by atoms with van der Waals surface area (Å²) in [6, 6.07) is 6.25. The minimum Gasteiger partial charge on any atom is -0.497 e. The van der Waals surface area contributed by atoms with Crippen LogP contribution >= 0.6 is 0 Å². The molecule has 6 nitrogen and oxygen atoms in total. The fourth-order valence-electron chi connectivity index (χ4n) is 7.10. The van der Waals surface area contributed by atoms with E-state index in [-0.39, 0.29) is 22.9 Å². The van der Waals surface area contributed by atoms with E-state index in [1.807, 2.05) is 22.6 Å². The number of hydrogen-bond acceptors (Lipinski definition) is 4. The number of carbonyl (C=O) groups excluding carboxylic acids is 1. The number of hydrogen-bond donors (Lipinski definition) is 0. The summed E-state index contributed by atoms with van der Waals surface area (Å²) in [6.07, 6.45) is 11.4. The molecule has 1 aliphatic carbocycles. The van der Waals surface area contributed by atoms with Crippen LogP contribution in [0.2, 0.25) is 0 Å².